The van der Waals surface area contributed by atoms with Crippen LogP contribution < -0.4 is 5.32 Å². The van der Waals surface area contributed by atoms with Crippen LogP contribution in [-0.4, -0.2) is 25.8 Å². The summed E-state index contributed by atoms with van der Waals surface area (Å²) in [5, 5.41) is 3.87. The van der Waals surface area contributed by atoms with Gasteiger partial charge in [-0.2, -0.15) is 0 Å². The highest BCUT2D eigenvalue weighted by Gasteiger charge is 2.34. The van der Waals surface area contributed by atoms with Gasteiger partial charge in [-0.1, -0.05) is 31.2 Å². The fourth-order valence-corrected chi connectivity index (χ4v) is 3.99. The maximum atomic E-state index is 5.56. The normalized spacial score (nSPS) is 24.6. The molecular formula is C18H27NO. The van der Waals surface area contributed by atoms with Gasteiger partial charge in [0.1, 0.15) is 0 Å². The van der Waals surface area contributed by atoms with E-state index < -0.39 is 0 Å². The van der Waals surface area contributed by atoms with Crippen molar-refractivity contribution in [3.63, 3.8) is 0 Å². The standard InChI is InChI=1S/C18H27NO/c1-2-11-19-18(15-9-12-20-13-10-15)17-8-7-14-5-3-4-6-16(14)17/h3-6,15,17-19H,2,7-13H2,1H3. The molecule has 2 heteroatoms. The first kappa shape index (κ1) is 14.1. The van der Waals surface area contributed by atoms with Crippen LogP contribution in [0.1, 0.15) is 49.7 Å². The Bertz CT molecular complexity index is 425. The average Bonchev–Trinajstić information content (AvgIpc) is 2.93. The number of hydrogen-bond donors (Lipinski definition) is 1. The summed E-state index contributed by atoms with van der Waals surface area (Å²) in [5.41, 5.74) is 3.18. The zero-order valence-electron chi connectivity index (χ0n) is 12.6. The van der Waals surface area contributed by atoms with Crippen molar-refractivity contribution in [2.45, 2.75) is 51.0 Å². The number of aryl methyl sites for hydroxylation is 1. The van der Waals surface area contributed by atoms with Gasteiger partial charge in [-0.3, -0.25) is 0 Å². The third-order valence-electron chi connectivity index (χ3n) is 5.02. The first-order valence-electron chi connectivity index (χ1n) is 8.29. The Labute approximate surface area is 122 Å². The molecule has 110 valence electrons. The van der Waals surface area contributed by atoms with E-state index in [1.54, 1.807) is 11.1 Å². The second kappa shape index (κ2) is 6.73. The van der Waals surface area contributed by atoms with Crippen LogP contribution in [0.3, 0.4) is 0 Å². The molecule has 0 amide bonds. The molecule has 2 nitrogen and oxygen atoms in total. The first-order valence-corrected chi connectivity index (χ1v) is 8.29. The van der Waals surface area contributed by atoms with Crippen molar-refractivity contribution in [2.75, 3.05) is 19.8 Å². The van der Waals surface area contributed by atoms with Crippen molar-refractivity contribution in [2.24, 2.45) is 5.92 Å². The number of fused-ring (bicyclic) bond motifs is 1. The molecule has 1 aliphatic heterocycles. The molecule has 0 spiro atoms. The van der Waals surface area contributed by atoms with Crippen LogP contribution in [-0.2, 0) is 11.2 Å². The molecule has 20 heavy (non-hydrogen) atoms. The molecule has 1 N–H and O–H groups in total. The van der Waals surface area contributed by atoms with E-state index >= 15 is 0 Å². The van der Waals surface area contributed by atoms with Gasteiger partial charge in [0.05, 0.1) is 0 Å². The molecule has 0 aromatic heterocycles. The minimum Gasteiger partial charge on any atom is -0.381 e. The monoisotopic (exact) mass is 273 g/mol. The Kier molecular flexibility index (Phi) is 4.74. The van der Waals surface area contributed by atoms with Crippen LogP contribution in [0.4, 0.5) is 0 Å². The lowest BCUT2D eigenvalue weighted by molar-refractivity contribution is 0.0498. The summed E-state index contributed by atoms with van der Waals surface area (Å²) in [6, 6.07) is 9.70. The molecule has 2 aliphatic rings. The van der Waals surface area contributed by atoms with E-state index in [1.165, 1.54) is 32.1 Å². The third kappa shape index (κ3) is 2.91. The van der Waals surface area contributed by atoms with Crippen molar-refractivity contribution in [1.29, 1.82) is 0 Å². The zero-order chi connectivity index (χ0) is 13.8. The van der Waals surface area contributed by atoms with E-state index in [9.17, 15) is 0 Å². The van der Waals surface area contributed by atoms with Gasteiger partial charge in [0.25, 0.3) is 0 Å². The van der Waals surface area contributed by atoms with Gasteiger partial charge in [-0.15, -0.1) is 0 Å². The fraction of sp³-hybridized carbons (Fsp3) is 0.667. The molecule has 1 fully saturated rings. The van der Waals surface area contributed by atoms with Crippen molar-refractivity contribution >= 4 is 0 Å². The van der Waals surface area contributed by atoms with Crippen molar-refractivity contribution in [3.8, 4) is 0 Å². The van der Waals surface area contributed by atoms with E-state index in [1.807, 2.05) is 0 Å². The van der Waals surface area contributed by atoms with Crippen LogP contribution in [0, 0.1) is 5.92 Å². The molecule has 2 atom stereocenters. The van der Waals surface area contributed by atoms with Gasteiger partial charge < -0.3 is 10.1 Å². The van der Waals surface area contributed by atoms with Crippen molar-refractivity contribution in [3.05, 3.63) is 35.4 Å². The Morgan fingerprint density at radius 2 is 2.00 bits per heavy atom. The number of benzene rings is 1. The highest BCUT2D eigenvalue weighted by Crippen LogP contribution is 2.39. The summed E-state index contributed by atoms with van der Waals surface area (Å²) in [4.78, 5) is 0. The molecule has 1 aromatic rings. The summed E-state index contributed by atoms with van der Waals surface area (Å²) < 4.78 is 5.56. The van der Waals surface area contributed by atoms with Crippen LogP contribution in [0.15, 0.2) is 24.3 Å². The Morgan fingerprint density at radius 3 is 2.80 bits per heavy atom. The van der Waals surface area contributed by atoms with Gasteiger partial charge >= 0.3 is 0 Å². The number of hydrogen-bond acceptors (Lipinski definition) is 2. The second-order valence-corrected chi connectivity index (χ2v) is 6.27. The summed E-state index contributed by atoms with van der Waals surface area (Å²) in [5.74, 6) is 1.49. The zero-order valence-corrected chi connectivity index (χ0v) is 12.6. The van der Waals surface area contributed by atoms with Gasteiger partial charge in [0.2, 0.25) is 0 Å². The molecule has 0 radical (unpaired) electrons. The fourth-order valence-electron chi connectivity index (χ4n) is 3.99. The average molecular weight is 273 g/mol. The molecule has 1 aliphatic carbocycles. The van der Waals surface area contributed by atoms with Gasteiger partial charge in [-0.05, 0) is 55.7 Å². The highest BCUT2D eigenvalue weighted by molar-refractivity contribution is 5.36. The SMILES string of the molecule is CCCNC(C1CCOCC1)C1CCc2ccccc21. The van der Waals surface area contributed by atoms with Crippen molar-refractivity contribution in [1.82, 2.24) is 5.32 Å². The maximum absolute atomic E-state index is 5.56. The number of rotatable bonds is 5. The van der Waals surface area contributed by atoms with E-state index in [-0.39, 0.29) is 0 Å². The van der Waals surface area contributed by atoms with E-state index in [4.69, 9.17) is 4.74 Å². The van der Waals surface area contributed by atoms with Gasteiger partial charge in [-0.25, -0.2) is 0 Å². The maximum Gasteiger partial charge on any atom is 0.0469 e. The minimum absolute atomic E-state index is 0.641. The summed E-state index contributed by atoms with van der Waals surface area (Å²) in [7, 11) is 0. The van der Waals surface area contributed by atoms with Crippen molar-refractivity contribution < 1.29 is 4.74 Å². The molecule has 1 saturated heterocycles. The Balaban J connectivity index is 1.78. The Morgan fingerprint density at radius 1 is 1.20 bits per heavy atom. The third-order valence-corrected chi connectivity index (χ3v) is 5.02. The highest BCUT2D eigenvalue weighted by atomic mass is 16.5. The predicted octanol–water partition coefficient (Wildman–Crippen LogP) is 3.51. The molecule has 0 saturated carbocycles. The van der Waals surface area contributed by atoms with Crippen LogP contribution in [0.5, 0.6) is 0 Å². The number of nitrogens with one attached hydrogen (secondary N) is 1. The van der Waals surface area contributed by atoms with E-state index in [0.29, 0.717) is 12.0 Å². The lowest BCUT2D eigenvalue weighted by Crippen LogP contribution is -2.43. The summed E-state index contributed by atoms with van der Waals surface area (Å²) in [6.07, 6.45) is 6.24. The lowest BCUT2D eigenvalue weighted by Gasteiger charge is -2.35. The second-order valence-electron chi connectivity index (χ2n) is 6.27. The van der Waals surface area contributed by atoms with Gasteiger partial charge in [0, 0.05) is 25.2 Å². The summed E-state index contributed by atoms with van der Waals surface area (Å²) >= 11 is 0. The molecule has 0 bridgehead atoms. The Hall–Kier alpha value is -0.860. The molecule has 3 rings (SSSR count). The first-order chi connectivity index (χ1) is 9.90. The quantitative estimate of drug-likeness (QED) is 0.886. The predicted molar refractivity (Wildman–Crippen MR) is 83.1 cm³/mol. The van der Waals surface area contributed by atoms with E-state index in [0.717, 1.165) is 25.7 Å². The van der Waals surface area contributed by atoms with Crippen LogP contribution >= 0.6 is 0 Å². The topological polar surface area (TPSA) is 21.3 Å². The van der Waals surface area contributed by atoms with Crippen LogP contribution in [0.25, 0.3) is 0 Å². The minimum atomic E-state index is 0.641. The molecule has 1 heterocycles. The lowest BCUT2D eigenvalue weighted by atomic mass is 9.80. The van der Waals surface area contributed by atoms with Crippen LogP contribution in [0.2, 0.25) is 0 Å². The smallest absolute Gasteiger partial charge is 0.0469 e. The summed E-state index contributed by atoms with van der Waals surface area (Å²) in [6.45, 7) is 5.30. The largest absolute Gasteiger partial charge is 0.381 e. The molecular weight excluding hydrogens is 246 g/mol. The van der Waals surface area contributed by atoms with Gasteiger partial charge in [0.15, 0.2) is 0 Å². The molecule has 1 aromatic carbocycles. The number of ether oxygens (including phenoxy) is 1. The van der Waals surface area contributed by atoms with E-state index in [2.05, 4.69) is 36.5 Å². The molecule has 2 unspecified atom stereocenters.